The Bertz CT molecular complexity index is 1100. The molecule has 0 spiro atoms. The van der Waals surface area contributed by atoms with Crippen molar-refractivity contribution >= 4 is 12.0 Å². The van der Waals surface area contributed by atoms with Crippen LogP contribution in [0, 0.1) is 23.2 Å². The number of rotatable bonds is 5. The molecule has 1 saturated heterocycles. The Hall–Kier alpha value is -3.45. The number of carbonyl (C=O) groups excluding carboxylic acids is 1. The molecule has 1 saturated carbocycles. The first-order chi connectivity index (χ1) is 16.2. The van der Waals surface area contributed by atoms with E-state index in [2.05, 4.69) is 33.1 Å². The van der Waals surface area contributed by atoms with Crippen molar-refractivity contribution in [2.45, 2.75) is 31.2 Å². The summed E-state index contributed by atoms with van der Waals surface area (Å²) >= 11 is 0. The molecular formula is C27H28N4O2. The van der Waals surface area contributed by atoms with Crippen LogP contribution in [-0.2, 0) is 15.1 Å². The topological polar surface area (TPSA) is 78.2 Å². The van der Waals surface area contributed by atoms with E-state index >= 15 is 0 Å². The highest BCUT2D eigenvalue weighted by atomic mass is 16.5. The van der Waals surface area contributed by atoms with Crippen molar-refractivity contribution in [1.82, 2.24) is 15.2 Å². The van der Waals surface area contributed by atoms with Crippen LogP contribution in [0.15, 0.2) is 54.1 Å². The zero-order valence-corrected chi connectivity index (χ0v) is 18.7. The molecule has 6 heteroatoms. The van der Waals surface area contributed by atoms with E-state index in [1.165, 1.54) is 6.08 Å². The van der Waals surface area contributed by atoms with Crippen LogP contribution in [-0.4, -0.2) is 48.6 Å². The van der Waals surface area contributed by atoms with Crippen LogP contribution in [0.3, 0.4) is 0 Å². The number of morpholine rings is 1. The first kappa shape index (κ1) is 22.7. The van der Waals surface area contributed by atoms with Gasteiger partial charge in [-0.2, -0.15) is 5.26 Å². The zero-order chi connectivity index (χ0) is 22.9. The molecule has 1 amide bonds. The van der Waals surface area contributed by atoms with Gasteiger partial charge in [-0.3, -0.25) is 9.69 Å². The van der Waals surface area contributed by atoms with Crippen molar-refractivity contribution in [1.29, 1.82) is 5.26 Å². The Morgan fingerprint density at radius 3 is 2.61 bits per heavy atom. The van der Waals surface area contributed by atoms with Crippen molar-refractivity contribution in [3.8, 4) is 17.9 Å². The van der Waals surface area contributed by atoms with Crippen LogP contribution in [0.2, 0.25) is 0 Å². The third-order valence-electron chi connectivity index (χ3n) is 6.19. The normalized spacial score (nSPS) is 18.1. The molecule has 2 heterocycles. The predicted molar refractivity (Wildman–Crippen MR) is 127 cm³/mol. The van der Waals surface area contributed by atoms with E-state index in [0.717, 1.165) is 57.6 Å². The molecule has 1 aliphatic heterocycles. The van der Waals surface area contributed by atoms with Gasteiger partial charge in [0, 0.05) is 13.1 Å². The third-order valence-corrected chi connectivity index (χ3v) is 6.19. The van der Waals surface area contributed by atoms with Crippen LogP contribution in [0.1, 0.15) is 42.6 Å². The molecule has 1 aromatic heterocycles. The molecule has 4 rings (SSSR count). The number of amides is 1. The Kier molecular flexibility index (Phi) is 7.52. The average Bonchev–Trinajstić information content (AvgIpc) is 3.33. The van der Waals surface area contributed by atoms with Crippen molar-refractivity contribution in [2.75, 3.05) is 32.8 Å². The van der Waals surface area contributed by atoms with Crippen LogP contribution in [0.25, 0.3) is 6.08 Å². The zero-order valence-electron chi connectivity index (χ0n) is 18.7. The first-order valence-electron chi connectivity index (χ1n) is 11.4. The van der Waals surface area contributed by atoms with Crippen LogP contribution >= 0.6 is 0 Å². The number of benzene rings is 1. The van der Waals surface area contributed by atoms with Gasteiger partial charge in [-0.15, -0.1) is 0 Å². The largest absolute Gasteiger partial charge is 0.379 e. The number of nitrogens with zero attached hydrogens (tertiary/aromatic N) is 3. The average molecular weight is 441 g/mol. The number of ether oxygens (including phenoxy) is 1. The molecule has 33 heavy (non-hydrogen) atoms. The third kappa shape index (κ3) is 5.87. The van der Waals surface area contributed by atoms with E-state index < -0.39 is 5.54 Å². The molecule has 2 aliphatic rings. The molecule has 0 radical (unpaired) electrons. The highest BCUT2D eigenvalue weighted by molar-refractivity contribution is 6.02. The minimum Gasteiger partial charge on any atom is -0.379 e. The van der Waals surface area contributed by atoms with Gasteiger partial charge < -0.3 is 10.1 Å². The van der Waals surface area contributed by atoms with Gasteiger partial charge in [0.25, 0.3) is 5.91 Å². The fraction of sp³-hybridized carbons (Fsp3) is 0.370. The number of aromatic nitrogens is 1. The summed E-state index contributed by atoms with van der Waals surface area (Å²) in [4.78, 5) is 19.8. The van der Waals surface area contributed by atoms with E-state index in [-0.39, 0.29) is 11.5 Å². The molecular weight excluding hydrogens is 412 g/mol. The van der Waals surface area contributed by atoms with E-state index in [1.54, 1.807) is 6.07 Å². The summed E-state index contributed by atoms with van der Waals surface area (Å²) in [5.74, 6) is 5.87. The number of nitrogens with one attached hydrogen (secondary N) is 1. The summed E-state index contributed by atoms with van der Waals surface area (Å²) in [6.07, 6.45) is 5.37. The maximum atomic E-state index is 13.1. The fourth-order valence-electron chi connectivity index (χ4n) is 4.41. The molecule has 0 bridgehead atoms. The highest BCUT2D eigenvalue weighted by Crippen LogP contribution is 2.38. The summed E-state index contributed by atoms with van der Waals surface area (Å²) in [6.45, 7) is 3.92. The van der Waals surface area contributed by atoms with E-state index in [1.807, 2.05) is 42.5 Å². The Balaban J connectivity index is 1.47. The second-order valence-electron chi connectivity index (χ2n) is 8.42. The lowest BCUT2D eigenvalue weighted by molar-refractivity contribution is -0.119. The Morgan fingerprint density at radius 2 is 1.88 bits per heavy atom. The molecule has 1 aliphatic carbocycles. The smallest absolute Gasteiger partial charge is 0.262 e. The van der Waals surface area contributed by atoms with Gasteiger partial charge in [0.1, 0.15) is 17.3 Å². The lowest BCUT2D eigenvalue weighted by atomic mass is 9.88. The molecule has 1 N–H and O–H groups in total. The number of pyridine rings is 1. The Labute approximate surface area is 195 Å². The second-order valence-corrected chi connectivity index (χ2v) is 8.42. The predicted octanol–water partition coefficient (Wildman–Crippen LogP) is 3.26. The summed E-state index contributed by atoms with van der Waals surface area (Å²) < 4.78 is 5.35. The molecule has 2 fully saturated rings. The summed E-state index contributed by atoms with van der Waals surface area (Å²) in [7, 11) is 0. The van der Waals surface area contributed by atoms with Crippen LogP contribution < -0.4 is 5.32 Å². The summed E-state index contributed by atoms with van der Waals surface area (Å²) in [5.41, 5.74) is 1.87. The van der Waals surface area contributed by atoms with Gasteiger partial charge in [0.2, 0.25) is 0 Å². The quantitative estimate of drug-likeness (QED) is 0.439. The molecule has 6 nitrogen and oxygen atoms in total. The molecule has 2 aromatic rings. The van der Waals surface area contributed by atoms with Gasteiger partial charge >= 0.3 is 0 Å². The highest BCUT2D eigenvalue weighted by Gasteiger charge is 2.37. The van der Waals surface area contributed by atoms with Gasteiger partial charge in [-0.05, 0) is 42.5 Å². The second kappa shape index (κ2) is 10.9. The monoisotopic (exact) mass is 440 g/mol. The number of nitriles is 1. The van der Waals surface area contributed by atoms with Crippen molar-refractivity contribution in [3.63, 3.8) is 0 Å². The molecule has 0 atom stereocenters. The SMILES string of the molecule is N#C/C(=C\c1cccc(C#CCN2CCOCC2)n1)C(=O)NC1(c2ccccc2)CCCC1. The summed E-state index contributed by atoms with van der Waals surface area (Å²) in [6, 6.07) is 17.5. The fourth-order valence-corrected chi connectivity index (χ4v) is 4.41. The standard InChI is InChI=1S/C27H28N4O2/c28-21-22(26(32)30-27(13-4-5-14-27)23-8-2-1-3-9-23)20-25-11-6-10-24(29-25)12-7-15-31-16-18-33-19-17-31/h1-3,6,8-11,20H,4-5,13-19H2,(H,30,32)/b22-20+. The Morgan fingerprint density at radius 1 is 1.12 bits per heavy atom. The number of hydrogen-bond acceptors (Lipinski definition) is 5. The molecule has 1 aromatic carbocycles. The first-order valence-corrected chi connectivity index (χ1v) is 11.4. The number of hydrogen-bond donors (Lipinski definition) is 1. The van der Waals surface area contributed by atoms with Gasteiger partial charge in [-0.1, -0.05) is 55.2 Å². The van der Waals surface area contributed by atoms with Crippen molar-refractivity contribution < 1.29 is 9.53 Å². The minimum absolute atomic E-state index is 0.0446. The van der Waals surface area contributed by atoms with Crippen LogP contribution in [0.5, 0.6) is 0 Å². The van der Waals surface area contributed by atoms with E-state index in [4.69, 9.17) is 4.74 Å². The lowest BCUT2D eigenvalue weighted by Crippen LogP contribution is -2.44. The molecule has 0 unspecified atom stereocenters. The maximum Gasteiger partial charge on any atom is 0.262 e. The molecule has 168 valence electrons. The van der Waals surface area contributed by atoms with Crippen molar-refractivity contribution in [2.24, 2.45) is 0 Å². The maximum absolute atomic E-state index is 13.1. The summed E-state index contributed by atoms with van der Waals surface area (Å²) in [5, 5.41) is 12.9. The van der Waals surface area contributed by atoms with Gasteiger partial charge in [0.15, 0.2) is 0 Å². The van der Waals surface area contributed by atoms with Crippen LogP contribution in [0.4, 0.5) is 0 Å². The van der Waals surface area contributed by atoms with E-state index in [9.17, 15) is 10.1 Å². The van der Waals surface area contributed by atoms with Crippen molar-refractivity contribution in [3.05, 3.63) is 71.1 Å². The van der Waals surface area contributed by atoms with E-state index in [0.29, 0.717) is 17.9 Å². The number of carbonyl (C=O) groups is 1. The lowest BCUT2D eigenvalue weighted by Gasteiger charge is -2.31. The van der Waals surface area contributed by atoms with Gasteiger partial charge in [-0.25, -0.2) is 4.98 Å². The van der Waals surface area contributed by atoms with Gasteiger partial charge in [0.05, 0.1) is 31.0 Å². The minimum atomic E-state index is -0.422.